The summed E-state index contributed by atoms with van der Waals surface area (Å²) in [5.74, 6) is 0.638. The summed E-state index contributed by atoms with van der Waals surface area (Å²) in [6, 6.07) is 0. The van der Waals surface area contributed by atoms with Crippen molar-refractivity contribution in [1.29, 1.82) is 0 Å². The molecule has 0 saturated carbocycles. The maximum absolute atomic E-state index is 5.24. The molecule has 0 aliphatic carbocycles. The van der Waals surface area contributed by atoms with Crippen LogP contribution >= 0.6 is 11.9 Å². The van der Waals surface area contributed by atoms with E-state index in [4.69, 9.17) is 16.2 Å². The molecule has 0 atom stereocenters. The van der Waals surface area contributed by atoms with Crippen LogP contribution in [0, 0.1) is 5.92 Å². The lowest BCUT2D eigenvalue weighted by Gasteiger charge is -2.21. The standard InChI is InChI=1S/C7H15ClO/c1-6(2)5-7(3,4)9-8/h6H,5H2,1-4H3. The predicted octanol–water partition coefficient (Wildman–Crippen LogP) is 2.98. The van der Waals surface area contributed by atoms with Gasteiger partial charge in [0.05, 0.1) is 17.5 Å². The molecule has 0 aromatic heterocycles. The van der Waals surface area contributed by atoms with E-state index < -0.39 is 0 Å². The largest absolute Gasteiger partial charge is 0.273 e. The Kier molecular flexibility index (Phi) is 3.52. The summed E-state index contributed by atoms with van der Waals surface area (Å²) >= 11 is 5.24. The number of rotatable bonds is 3. The molecule has 0 amide bonds. The monoisotopic (exact) mass is 150 g/mol. The fraction of sp³-hybridized carbons (Fsp3) is 1.00. The van der Waals surface area contributed by atoms with E-state index in [1.807, 2.05) is 13.8 Å². The highest BCUT2D eigenvalue weighted by atomic mass is 35.5. The van der Waals surface area contributed by atoms with Crippen molar-refractivity contribution < 1.29 is 4.29 Å². The average molecular weight is 151 g/mol. The van der Waals surface area contributed by atoms with Crippen LogP contribution in [-0.4, -0.2) is 5.60 Å². The van der Waals surface area contributed by atoms with Gasteiger partial charge in [0.1, 0.15) is 0 Å². The lowest BCUT2D eigenvalue weighted by atomic mass is 9.97. The minimum atomic E-state index is -0.171. The zero-order valence-corrected chi connectivity index (χ0v) is 7.33. The highest BCUT2D eigenvalue weighted by molar-refractivity contribution is 6.07. The van der Waals surface area contributed by atoms with Crippen LogP contribution in [0.3, 0.4) is 0 Å². The first-order valence-corrected chi connectivity index (χ1v) is 3.58. The zero-order valence-electron chi connectivity index (χ0n) is 6.57. The number of hydrogen-bond acceptors (Lipinski definition) is 1. The molecule has 0 bridgehead atoms. The lowest BCUT2D eigenvalue weighted by molar-refractivity contribution is 0.0985. The summed E-state index contributed by atoms with van der Waals surface area (Å²) in [7, 11) is 0. The first-order chi connectivity index (χ1) is 3.98. The van der Waals surface area contributed by atoms with E-state index in [0.717, 1.165) is 6.42 Å². The fourth-order valence-electron chi connectivity index (χ4n) is 1.01. The molecule has 56 valence electrons. The first kappa shape index (κ1) is 9.25. The maximum Gasteiger partial charge on any atom is 0.0844 e. The van der Waals surface area contributed by atoms with Gasteiger partial charge in [-0.25, -0.2) is 0 Å². The van der Waals surface area contributed by atoms with E-state index in [1.54, 1.807) is 0 Å². The Labute approximate surface area is 62.5 Å². The second kappa shape index (κ2) is 3.43. The van der Waals surface area contributed by atoms with Crippen molar-refractivity contribution in [2.45, 2.75) is 39.7 Å². The summed E-state index contributed by atoms with van der Waals surface area (Å²) in [4.78, 5) is 0. The van der Waals surface area contributed by atoms with Crippen LogP contribution in [0.15, 0.2) is 0 Å². The maximum atomic E-state index is 5.24. The van der Waals surface area contributed by atoms with Crippen LogP contribution in [0.25, 0.3) is 0 Å². The van der Waals surface area contributed by atoms with Gasteiger partial charge >= 0.3 is 0 Å². The SMILES string of the molecule is CC(C)CC(C)(C)OCl. The van der Waals surface area contributed by atoms with Crippen molar-refractivity contribution in [1.82, 2.24) is 0 Å². The Morgan fingerprint density at radius 3 is 2.00 bits per heavy atom. The molecule has 0 aromatic carbocycles. The molecule has 0 fully saturated rings. The van der Waals surface area contributed by atoms with Gasteiger partial charge in [-0.1, -0.05) is 13.8 Å². The highest BCUT2D eigenvalue weighted by Crippen LogP contribution is 2.20. The van der Waals surface area contributed by atoms with Gasteiger partial charge in [0.2, 0.25) is 0 Å². The molecule has 2 heteroatoms. The van der Waals surface area contributed by atoms with Gasteiger partial charge in [0, 0.05) is 0 Å². The predicted molar refractivity (Wildman–Crippen MR) is 40.5 cm³/mol. The second-order valence-corrected chi connectivity index (χ2v) is 3.59. The Morgan fingerprint density at radius 2 is 1.89 bits per heavy atom. The number of halogens is 1. The Hall–Kier alpha value is 0.250. The Balaban J connectivity index is 3.58. The molecular weight excluding hydrogens is 136 g/mol. The van der Waals surface area contributed by atoms with Gasteiger partial charge in [-0.2, -0.15) is 0 Å². The topological polar surface area (TPSA) is 9.23 Å². The van der Waals surface area contributed by atoms with Crippen molar-refractivity contribution >= 4 is 11.9 Å². The Morgan fingerprint density at radius 1 is 1.44 bits per heavy atom. The molecule has 0 unspecified atom stereocenters. The quantitative estimate of drug-likeness (QED) is 0.601. The summed E-state index contributed by atoms with van der Waals surface area (Å²) < 4.78 is 4.72. The molecule has 0 heterocycles. The summed E-state index contributed by atoms with van der Waals surface area (Å²) in [6.45, 7) is 8.27. The second-order valence-electron chi connectivity index (χ2n) is 3.43. The average Bonchev–Trinajstić information content (AvgIpc) is 1.63. The highest BCUT2D eigenvalue weighted by Gasteiger charge is 2.18. The molecule has 0 aromatic rings. The molecule has 0 N–H and O–H groups in total. The van der Waals surface area contributed by atoms with Crippen molar-refractivity contribution in [3.8, 4) is 0 Å². The van der Waals surface area contributed by atoms with Crippen LogP contribution in [0.4, 0.5) is 0 Å². The lowest BCUT2D eigenvalue weighted by Crippen LogP contribution is -2.22. The van der Waals surface area contributed by atoms with Crippen molar-refractivity contribution in [3.05, 3.63) is 0 Å². The van der Waals surface area contributed by atoms with Crippen LogP contribution in [-0.2, 0) is 4.29 Å². The molecule has 0 aliphatic heterocycles. The van der Waals surface area contributed by atoms with E-state index in [-0.39, 0.29) is 5.60 Å². The van der Waals surface area contributed by atoms with Crippen LogP contribution in [0.1, 0.15) is 34.1 Å². The molecule has 0 spiro atoms. The smallest absolute Gasteiger partial charge is 0.0844 e. The molecule has 0 radical (unpaired) electrons. The molecular formula is C7H15ClO. The van der Waals surface area contributed by atoms with Gasteiger partial charge in [0.15, 0.2) is 0 Å². The Bertz CT molecular complexity index is 79.0. The first-order valence-electron chi connectivity index (χ1n) is 3.27. The van der Waals surface area contributed by atoms with Crippen molar-refractivity contribution in [2.75, 3.05) is 0 Å². The normalized spacial score (nSPS) is 12.7. The zero-order chi connectivity index (χ0) is 7.49. The third kappa shape index (κ3) is 4.73. The van der Waals surface area contributed by atoms with Crippen molar-refractivity contribution in [2.24, 2.45) is 5.92 Å². The summed E-state index contributed by atoms with van der Waals surface area (Å²) in [5.41, 5.74) is -0.171. The van der Waals surface area contributed by atoms with E-state index in [1.165, 1.54) is 0 Å². The number of hydrogen-bond donors (Lipinski definition) is 0. The third-order valence-electron chi connectivity index (χ3n) is 1.11. The van der Waals surface area contributed by atoms with Crippen LogP contribution < -0.4 is 0 Å². The van der Waals surface area contributed by atoms with Crippen LogP contribution in [0.5, 0.6) is 0 Å². The van der Waals surface area contributed by atoms with E-state index in [2.05, 4.69) is 13.8 Å². The van der Waals surface area contributed by atoms with Gasteiger partial charge < -0.3 is 0 Å². The molecule has 9 heavy (non-hydrogen) atoms. The third-order valence-corrected chi connectivity index (χ3v) is 1.53. The van der Waals surface area contributed by atoms with Gasteiger partial charge in [-0.3, -0.25) is 4.29 Å². The van der Waals surface area contributed by atoms with E-state index >= 15 is 0 Å². The summed E-state index contributed by atoms with van der Waals surface area (Å²) in [5, 5.41) is 0. The molecule has 0 saturated heterocycles. The van der Waals surface area contributed by atoms with Crippen molar-refractivity contribution in [3.63, 3.8) is 0 Å². The van der Waals surface area contributed by atoms with Gasteiger partial charge in [-0.15, -0.1) is 0 Å². The van der Waals surface area contributed by atoms with E-state index in [9.17, 15) is 0 Å². The minimum absolute atomic E-state index is 0.171. The van der Waals surface area contributed by atoms with Gasteiger partial charge in [-0.05, 0) is 26.2 Å². The molecule has 0 aliphatic rings. The van der Waals surface area contributed by atoms with Crippen LogP contribution in [0.2, 0.25) is 0 Å². The summed E-state index contributed by atoms with van der Waals surface area (Å²) in [6.07, 6.45) is 0.997. The molecule has 1 nitrogen and oxygen atoms in total. The minimum Gasteiger partial charge on any atom is -0.273 e. The van der Waals surface area contributed by atoms with E-state index in [0.29, 0.717) is 5.92 Å². The van der Waals surface area contributed by atoms with Gasteiger partial charge in [0.25, 0.3) is 0 Å². The fourth-order valence-corrected chi connectivity index (χ4v) is 1.08. The molecule has 0 rings (SSSR count).